The highest BCUT2D eigenvalue weighted by molar-refractivity contribution is 4.90. The van der Waals surface area contributed by atoms with E-state index in [2.05, 4.69) is 6.92 Å². The molecule has 1 N–H and O–H groups in total. The van der Waals surface area contributed by atoms with Gasteiger partial charge in [-0.05, 0) is 62.7 Å². The molecule has 2 saturated carbocycles. The Kier molecular flexibility index (Phi) is 3.16. The first-order valence-corrected chi connectivity index (χ1v) is 6.33. The highest BCUT2D eigenvalue weighted by atomic mass is 16.3. The van der Waals surface area contributed by atoms with Crippen LogP contribution in [0.4, 0.5) is 0 Å². The molecule has 2 fully saturated rings. The fourth-order valence-electron chi connectivity index (χ4n) is 3.86. The van der Waals surface area contributed by atoms with Gasteiger partial charge in [0.2, 0.25) is 0 Å². The third-order valence-corrected chi connectivity index (χ3v) is 4.33. The first kappa shape index (κ1) is 10.5. The van der Waals surface area contributed by atoms with Gasteiger partial charge in [-0.3, -0.25) is 0 Å². The minimum Gasteiger partial charge on any atom is -0.393 e. The fourth-order valence-corrected chi connectivity index (χ4v) is 3.86. The van der Waals surface area contributed by atoms with Gasteiger partial charge in [-0.15, -0.1) is 0 Å². The maximum atomic E-state index is 9.33. The molecule has 0 heterocycles. The Bertz CT molecular complexity index is 188. The van der Waals surface area contributed by atoms with Crippen LogP contribution < -0.4 is 0 Å². The summed E-state index contributed by atoms with van der Waals surface area (Å²) in [6.45, 7) is 4.22. The molecule has 2 aliphatic rings. The SMILES string of the molecule is CC(O)CC(C)CC1CC2CCC1C2. The molecule has 0 amide bonds. The van der Waals surface area contributed by atoms with Crippen LogP contribution in [0.3, 0.4) is 0 Å². The lowest BCUT2D eigenvalue weighted by Crippen LogP contribution is -2.16. The van der Waals surface area contributed by atoms with Crippen LogP contribution in [-0.4, -0.2) is 11.2 Å². The van der Waals surface area contributed by atoms with E-state index in [0.717, 1.165) is 30.1 Å². The lowest BCUT2D eigenvalue weighted by Gasteiger charge is -2.25. The van der Waals surface area contributed by atoms with Gasteiger partial charge in [-0.1, -0.05) is 13.3 Å². The molecule has 0 aromatic heterocycles. The lowest BCUT2D eigenvalue weighted by molar-refractivity contribution is 0.149. The van der Waals surface area contributed by atoms with E-state index >= 15 is 0 Å². The van der Waals surface area contributed by atoms with Gasteiger partial charge in [-0.25, -0.2) is 0 Å². The molecule has 0 radical (unpaired) electrons. The largest absolute Gasteiger partial charge is 0.393 e. The van der Waals surface area contributed by atoms with Gasteiger partial charge in [0.25, 0.3) is 0 Å². The number of aliphatic hydroxyl groups excluding tert-OH is 1. The Morgan fingerprint density at radius 3 is 2.50 bits per heavy atom. The standard InChI is InChI=1S/C13H24O/c1-9(5-10(2)14)6-13-8-11-3-4-12(13)7-11/h9-14H,3-8H2,1-2H3. The second-order valence-electron chi connectivity index (χ2n) is 5.86. The summed E-state index contributed by atoms with van der Waals surface area (Å²) in [7, 11) is 0. The molecule has 14 heavy (non-hydrogen) atoms. The topological polar surface area (TPSA) is 20.2 Å². The maximum Gasteiger partial charge on any atom is 0.0514 e. The molecule has 5 unspecified atom stereocenters. The number of rotatable bonds is 4. The van der Waals surface area contributed by atoms with Gasteiger partial charge in [0.1, 0.15) is 0 Å². The van der Waals surface area contributed by atoms with Crippen molar-refractivity contribution >= 4 is 0 Å². The molecule has 5 atom stereocenters. The van der Waals surface area contributed by atoms with Gasteiger partial charge < -0.3 is 5.11 Å². The smallest absolute Gasteiger partial charge is 0.0514 e. The van der Waals surface area contributed by atoms with Gasteiger partial charge in [0, 0.05) is 0 Å². The molecule has 82 valence electrons. The van der Waals surface area contributed by atoms with Crippen LogP contribution in [0.5, 0.6) is 0 Å². The Morgan fingerprint density at radius 1 is 1.21 bits per heavy atom. The first-order valence-electron chi connectivity index (χ1n) is 6.33. The van der Waals surface area contributed by atoms with Gasteiger partial charge in [0.05, 0.1) is 6.10 Å². The van der Waals surface area contributed by atoms with E-state index in [-0.39, 0.29) is 6.10 Å². The van der Waals surface area contributed by atoms with E-state index in [1.807, 2.05) is 6.92 Å². The molecule has 2 aliphatic carbocycles. The van der Waals surface area contributed by atoms with Crippen LogP contribution in [0.25, 0.3) is 0 Å². The van der Waals surface area contributed by atoms with Crippen LogP contribution in [0.15, 0.2) is 0 Å². The molecule has 0 saturated heterocycles. The predicted octanol–water partition coefficient (Wildman–Crippen LogP) is 3.22. The first-order chi connectivity index (χ1) is 6.65. The zero-order chi connectivity index (χ0) is 10.1. The number of hydrogen-bond donors (Lipinski definition) is 1. The Hall–Kier alpha value is -0.0400. The third-order valence-electron chi connectivity index (χ3n) is 4.33. The molecule has 0 aromatic carbocycles. The Labute approximate surface area is 87.9 Å². The van der Waals surface area contributed by atoms with Crippen LogP contribution >= 0.6 is 0 Å². The molecule has 2 rings (SSSR count). The Balaban J connectivity index is 1.75. The normalized spacial score (nSPS) is 40.1. The minimum absolute atomic E-state index is 0.108. The van der Waals surface area contributed by atoms with E-state index in [1.165, 1.54) is 32.1 Å². The summed E-state index contributed by atoms with van der Waals surface area (Å²) in [5.41, 5.74) is 0. The number of aliphatic hydroxyl groups is 1. The van der Waals surface area contributed by atoms with Crippen molar-refractivity contribution in [2.45, 2.75) is 58.5 Å². The fraction of sp³-hybridized carbons (Fsp3) is 1.00. The van der Waals surface area contributed by atoms with E-state index in [1.54, 1.807) is 0 Å². The quantitative estimate of drug-likeness (QED) is 0.732. The monoisotopic (exact) mass is 196 g/mol. The minimum atomic E-state index is -0.108. The van der Waals surface area contributed by atoms with Crippen molar-refractivity contribution in [3.63, 3.8) is 0 Å². The summed E-state index contributed by atoms with van der Waals surface area (Å²) in [5.74, 6) is 3.85. The van der Waals surface area contributed by atoms with E-state index < -0.39 is 0 Å². The summed E-state index contributed by atoms with van der Waals surface area (Å²) in [6.07, 6.45) is 8.27. The van der Waals surface area contributed by atoms with Crippen LogP contribution in [0.2, 0.25) is 0 Å². The molecule has 2 bridgehead atoms. The van der Waals surface area contributed by atoms with Crippen LogP contribution in [0.1, 0.15) is 52.4 Å². The molecule has 1 heteroatoms. The maximum absolute atomic E-state index is 9.33. The van der Waals surface area contributed by atoms with Crippen LogP contribution in [0, 0.1) is 23.7 Å². The second-order valence-corrected chi connectivity index (χ2v) is 5.86. The van der Waals surface area contributed by atoms with Gasteiger partial charge >= 0.3 is 0 Å². The average molecular weight is 196 g/mol. The van der Waals surface area contributed by atoms with E-state index in [9.17, 15) is 5.11 Å². The zero-order valence-corrected chi connectivity index (χ0v) is 9.58. The summed E-state index contributed by atoms with van der Waals surface area (Å²) >= 11 is 0. The Morgan fingerprint density at radius 2 is 2.00 bits per heavy atom. The van der Waals surface area contributed by atoms with Crippen molar-refractivity contribution in [2.24, 2.45) is 23.7 Å². The lowest BCUT2D eigenvalue weighted by atomic mass is 9.81. The highest BCUT2D eigenvalue weighted by Gasteiger charge is 2.39. The van der Waals surface area contributed by atoms with Crippen molar-refractivity contribution in [2.75, 3.05) is 0 Å². The molecule has 1 nitrogen and oxygen atoms in total. The summed E-state index contributed by atoms with van der Waals surface area (Å²) in [5, 5.41) is 9.33. The molecule has 0 aromatic rings. The summed E-state index contributed by atoms with van der Waals surface area (Å²) in [4.78, 5) is 0. The van der Waals surface area contributed by atoms with Crippen molar-refractivity contribution in [1.29, 1.82) is 0 Å². The predicted molar refractivity (Wildman–Crippen MR) is 59.0 cm³/mol. The second kappa shape index (κ2) is 4.22. The molecule has 0 aliphatic heterocycles. The highest BCUT2D eigenvalue weighted by Crippen LogP contribution is 2.50. The van der Waals surface area contributed by atoms with Crippen molar-refractivity contribution in [3.05, 3.63) is 0 Å². The molecular formula is C13H24O. The van der Waals surface area contributed by atoms with Gasteiger partial charge in [0.15, 0.2) is 0 Å². The van der Waals surface area contributed by atoms with Crippen molar-refractivity contribution in [1.82, 2.24) is 0 Å². The molecule has 0 spiro atoms. The summed E-state index contributed by atoms with van der Waals surface area (Å²) in [6, 6.07) is 0. The van der Waals surface area contributed by atoms with E-state index in [4.69, 9.17) is 0 Å². The third kappa shape index (κ3) is 2.31. The van der Waals surface area contributed by atoms with Crippen molar-refractivity contribution in [3.8, 4) is 0 Å². The number of hydrogen-bond acceptors (Lipinski definition) is 1. The van der Waals surface area contributed by atoms with Crippen LogP contribution in [-0.2, 0) is 0 Å². The van der Waals surface area contributed by atoms with E-state index in [0.29, 0.717) is 0 Å². The van der Waals surface area contributed by atoms with Gasteiger partial charge in [-0.2, -0.15) is 0 Å². The zero-order valence-electron chi connectivity index (χ0n) is 9.58. The van der Waals surface area contributed by atoms with Crippen molar-refractivity contribution < 1.29 is 5.11 Å². The summed E-state index contributed by atoms with van der Waals surface area (Å²) < 4.78 is 0. The molecular weight excluding hydrogens is 172 g/mol. The average Bonchev–Trinajstić information content (AvgIpc) is 2.62. The number of fused-ring (bicyclic) bond motifs is 2.